The van der Waals surface area contributed by atoms with Gasteiger partial charge in [-0.1, -0.05) is 6.07 Å². The molecule has 0 unspecified atom stereocenters. The lowest BCUT2D eigenvalue weighted by Gasteiger charge is -2.45. The predicted molar refractivity (Wildman–Crippen MR) is 99.2 cm³/mol. The van der Waals surface area contributed by atoms with Crippen LogP contribution in [0.3, 0.4) is 0 Å². The van der Waals surface area contributed by atoms with Gasteiger partial charge in [0.05, 0.1) is 20.3 Å². The molecule has 2 aromatic carbocycles. The molecule has 1 aliphatic rings. The number of urea groups is 1. The number of hydrogen-bond acceptors (Lipinski definition) is 5. The fourth-order valence-electron chi connectivity index (χ4n) is 3.46. The van der Waals surface area contributed by atoms with Crippen LogP contribution < -0.4 is 20.1 Å². The zero-order chi connectivity index (χ0) is 23.0. The Labute approximate surface area is 174 Å². The second-order valence-electron chi connectivity index (χ2n) is 6.80. The van der Waals surface area contributed by atoms with E-state index in [1.54, 1.807) is 0 Å². The Bertz CT molecular complexity index is 996. The van der Waals surface area contributed by atoms with Gasteiger partial charge in [0.2, 0.25) is 5.72 Å². The number of carbonyl (C=O) groups excluding carboxylic acids is 2. The van der Waals surface area contributed by atoms with Gasteiger partial charge in [0.25, 0.3) is 0 Å². The van der Waals surface area contributed by atoms with Gasteiger partial charge in [0.1, 0.15) is 11.7 Å². The quantitative estimate of drug-likeness (QED) is 0.489. The van der Waals surface area contributed by atoms with Crippen molar-refractivity contribution in [2.24, 2.45) is 5.92 Å². The van der Waals surface area contributed by atoms with Gasteiger partial charge in [0, 0.05) is 5.56 Å². The molecule has 0 aromatic heterocycles. The average molecular weight is 442 g/mol. The van der Waals surface area contributed by atoms with E-state index in [-0.39, 0.29) is 22.6 Å². The number of rotatable bonds is 5. The van der Waals surface area contributed by atoms with Crippen molar-refractivity contribution in [3.63, 3.8) is 0 Å². The molecule has 1 heterocycles. The summed E-state index contributed by atoms with van der Waals surface area (Å²) < 4.78 is 65.2. The highest BCUT2D eigenvalue weighted by molar-refractivity contribution is 6.00. The Morgan fingerprint density at radius 3 is 2.23 bits per heavy atom. The van der Waals surface area contributed by atoms with Crippen LogP contribution in [0, 0.1) is 11.7 Å². The molecule has 11 heteroatoms. The minimum absolute atomic E-state index is 0.0515. The lowest BCUT2D eigenvalue weighted by Crippen LogP contribution is -2.72. The summed E-state index contributed by atoms with van der Waals surface area (Å²) in [5.41, 5.74) is -4.12. The molecule has 2 aromatic rings. The van der Waals surface area contributed by atoms with Gasteiger partial charge in [-0.3, -0.25) is 4.79 Å². The SMILES string of the molecule is COc1ccc([C@@H]2NC(=O)N[C@@](O)(C(F)(F)F)[C@H]2C(=O)c2ccc(F)cc2)cc1OC. The van der Waals surface area contributed by atoms with Gasteiger partial charge in [0.15, 0.2) is 17.3 Å². The highest BCUT2D eigenvalue weighted by Gasteiger charge is 2.66. The molecule has 2 amide bonds. The molecule has 0 aliphatic carbocycles. The molecule has 0 radical (unpaired) electrons. The molecule has 0 spiro atoms. The topological polar surface area (TPSA) is 96.9 Å². The summed E-state index contributed by atoms with van der Waals surface area (Å²) in [5.74, 6) is -3.70. The van der Waals surface area contributed by atoms with E-state index in [0.717, 1.165) is 24.3 Å². The van der Waals surface area contributed by atoms with Crippen LogP contribution in [-0.2, 0) is 0 Å². The van der Waals surface area contributed by atoms with Crippen LogP contribution in [0.1, 0.15) is 22.0 Å². The van der Waals surface area contributed by atoms with Crippen molar-refractivity contribution in [2.75, 3.05) is 14.2 Å². The Kier molecular flexibility index (Phi) is 5.81. The summed E-state index contributed by atoms with van der Waals surface area (Å²) >= 11 is 0. The van der Waals surface area contributed by atoms with Crippen molar-refractivity contribution in [1.29, 1.82) is 0 Å². The Hall–Kier alpha value is -3.34. The second-order valence-corrected chi connectivity index (χ2v) is 6.80. The minimum Gasteiger partial charge on any atom is -0.493 e. The number of benzene rings is 2. The highest BCUT2D eigenvalue weighted by Crippen LogP contribution is 2.45. The largest absolute Gasteiger partial charge is 0.493 e. The number of amides is 2. The van der Waals surface area contributed by atoms with Gasteiger partial charge >= 0.3 is 12.2 Å². The molecule has 1 fully saturated rings. The number of halogens is 4. The third-order valence-electron chi connectivity index (χ3n) is 4.98. The van der Waals surface area contributed by atoms with Gasteiger partial charge in [-0.15, -0.1) is 0 Å². The number of methoxy groups -OCH3 is 2. The van der Waals surface area contributed by atoms with Crippen molar-refractivity contribution < 1.29 is 41.7 Å². The van der Waals surface area contributed by atoms with Gasteiger partial charge < -0.3 is 25.2 Å². The normalized spacial score (nSPS) is 23.5. The summed E-state index contributed by atoms with van der Waals surface area (Å²) in [5, 5.41) is 14.2. The predicted octanol–water partition coefficient (Wildman–Crippen LogP) is 2.95. The van der Waals surface area contributed by atoms with Crippen molar-refractivity contribution in [1.82, 2.24) is 10.6 Å². The highest BCUT2D eigenvalue weighted by atomic mass is 19.4. The van der Waals surface area contributed by atoms with E-state index < -0.39 is 41.5 Å². The van der Waals surface area contributed by atoms with Crippen molar-refractivity contribution >= 4 is 11.8 Å². The summed E-state index contributed by atoms with van der Waals surface area (Å²) in [6, 6.07) is 4.87. The lowest BCUT2D eigenvalue weighted by molar-refractivity contribution is -0.287. The maximum atomic E-state index is 13.9. The Balaban J connectivity index is 2.18. The molecule has 3 atom stereocenters. The number of Topliss-reactive ketones (excluding diaryl/α,β-unsaturated/α-hetero) is 1. The Morgan fingerprint density at radius 1 is 1.06 bits per heavy atom. The third kappa shape index (κ3) is 4.00. The van der Waals surface area contributed by atoms with Gasteiger partial charge in [-0.05, 0) is 42.0 Å². The van der Waals surface area contributed by atoms with E-state index >= 15 is 0 Å². The molecule has 7 nitrogen and oxygen atoms in total. The number of ketones is 1. The molecule has 1 aliphatic heterocycles. The molecule has 3 N–H and O–H groups in total. The van der Waals surface area contributed by atoms with Crippen LogP contribution >= 0.6 is 0 Å². The van der Waals surface area contributed by atoms with E-state index in [1.807, 2.05) is 0 Å². The first-order chi connectivity index (χ1) is 14.5. The fourth-order valence-corrected chi connectivity index (χ4v) is 3.46. The third-order valence-corrected chi connectivity index (χ3v) is 4.98. The maximum Gasteiger partial charge on any atom is 0.437 e. The van der Waals surface area contributed by atoms with Crippen LogP contribution in [-0.4, -0.2) is 43.0 Å². The van der Waals surface area contributed by atoms with Crippen molar-refractivity contribution in [3.05, 3.63) is 59.4 Å². The summed E-state index contributed by atoms with van der Waals surface area (Å²) in [7, 11) is 2.66. The Morgan fingerprint density at radius 2 is 1.68 bits per heavy atom. The first kappa shape index (κ1) is 22.3. The molecule has 31 heavy (non-hydrogen) atoms. The maximum absolute atomic E-state index is 13.9. The van der Waals surface area contributed by atoms with Crippen LogP contribution in [0.15, 0.2) is 42.5 Å². The number of hydrogen-bond donors (Lipinski definition) is 3. The standard InChI is InChI=1S/C20H18F4N2O5/c1-30-13-8-5-11(9-14(13)31-2)16-15(17(27)10-3-6-12(21)7-4-10)19(29,20(22,23)24)26-18(28)25-16/h3-9,15-16,29H,1-2H3,(H2,25,26,28)/t15-,16+,19+/m1/s1. The zero-order valence-corrected chi connectivity index (χ0v) is 16.3. The summed E-state index contributed by atoms with van der Waals surface area (Å²) in [6.45, 7) is 0. The van der Waals surface area contributed by atoms with Crippen LogP contribution in [0.25, 0.3) is 0 Å². The number of carbonyl (C=O) groups is 2. The second kappa shape index (κ2) is 8.06. The molecule has 166 valence electrons. The van der Waals surface area contributed by atoms with E-state index in [4.69, 9.17) is 9.47 Å². The first-order valence-corrected chi connectivity index (χ1v) is 8.91. The van der Waals surface area contributed by atoms with Gasteiger partial charge in [-0.25, -0.2) is 9.18 Å². The van der Waals surface area contributed by atoms with Gasteiger partial charge in [-0.2, -0.15) is 13.2 Å². The summed E-state index contributed by atoms with van der Waals surface area (Å²) in [4.78, 5) is 25.1. The molecule has 0 saturated carbocycles. The molecule has 0 bridgehead atoms. The number of alkyl halides is 3. The smallest absolute Gasteiger partial charge is 0.437 e. The van der Waals surface area contributed by atoms with E-state index in [1.165, 1.54) is 37.7 Å². The number of aliphatic hydroxyl groups is 1. The van der Waals surface area contributed by atoms with Crippen LogP contribution in [0.4, 0.5) is 22.4 Å². The monoisotopic (exact) mass is 442 g/mol. The lowest BCUT2D eigenvalue weighted by atomic mass is 9.77. The average Bonchev–Trinajstić information content (AvgIpc) is 2.72. The minimum atomic E-state index is -5.40. The molecule has 1 saturated heterocycles. The van der Waals surface area contributed by atoms with E-state index in [0.29, 0.717) is 0 Å². The van der Waals surface area contributed by atoms with Crippen molar-refractivity contribution in [2.45, 2.75) is 17.9 Å². The zero-order valence-electron chi connectivity index (χ0n) is 16.3. The van der Waals surface area contributed by atoms with E-state index in [9.17, 15) is 32.3 Å². The fraction of sp³-hybridized carbons (Fsp3) is 0.300. The van der Waals surface area contributed by atoms with Crippen molar-refractivity contribution in [3.8, 4) is 11.5 Å². The number of ether oxygens (including phenoxy) is 2. The first-order valence-electron chi connectivity index (χ1n) is 8.91. The van der Waals surface area contributed by atoms with Crippen LogP contribution in [0.5, 0.6) is 11.5 Å². The van der Waals surface area contributed by atoms with E-state index in [2.05, 4.69) is 5.32 Å². The number of nitrogens with one attached hydrogen (secondary N) is 2. The van der Waals surface area contributed by atoms with Crippen LogP contribution in [0.2, 0.25) is 0 Å². The molecular weight excluding hydrogens is 424 g/mol. The molecule has 3 rings (SSSR count). The summed E-state index contributed by atoms with van der Waals surface area (Å²) in [6.07, 6.45) is -5.40. The molecular formula is C20H18F4N2O5.